The summed E-state index contributed by atoms with van der Waals surface area (Å²) in [6, 6.07) is 3.58. The number of benzene rings is 1. The molecule has 148 valence electrons. The number of carbonyl (C=O) groups is 1. The Kier molecular flexibility index (Phi) is 7.64. The van der Waals surface area contributed by atoms with Gasteiger partial charge in [-0.15, -0.1) is 0 Å². The normalized spacial score (nSPS) is 10.9. The highest BCUT2D eigenvalue weighted by Gasteiger charge is 2.11. The van der Waals surface area contributed by atoms with Crippen LogP contribution in [-0.2, 0) is 11.3 Å². The van der Waals surface area contributed by atoms with Crippen LogP contribution in [0.15, 0.2) is 36.3 Å². The lowest BCUT2D eigenvalue weighted by Crippen LogP contribution is -2.29. The van der Waals surface area contributed by atoms with Crippen LogP contribution in [0.4, 0.5) is 20.5 Å². The molecule has 0 saturated heterocycles. The molecule has 0 atom stereocenters. The molecule has 8 nitrogen and oxygen atoms in total. The quantitative estimate of drug-likeness (QED) is 0.406. The number of halogens is 3. The van der Waals surface area contributed by atoms with Gasteiger partial charge in [0.05, 0.1) is 18.4 Å². The number of carbonyl (C=O) groups excluding carboxylic acids is 1. The fourth-order valence-corrected chi connectivity index (χ4v) is 2.17. The maximum atomic E-state index is 13.7. The lowest BCUT2D eigenvalue weighted by atomic mass is 10.2. The number of amides is 1. The van der Waals surface area contributed by atoms with Crippen molar-refractivity contribution in [1.82, 2.24) is 20.6 Å². The Morgan fingerprint density at radius 2 is 2.04 bits per heavy atom. The molecule has 0 bridgehead atoms. The Bertz CT molecular complexity index is 872. The standard InChI is InChI=1S/C17H18ClF2N7O/c1-22-15(28)9-23-6-10(5-21)26-17-25-8-12(18)16(27-17)24-7-11-13(19)3-2-4-14(11)20/h2-6,8,21,23H,7,9H2,1H3,(H,22,28)(H2,24,25,26,27)/b10-6+,21-5?. The van der Waals surface area contributed by atoms with E-state index in [0.717, 1.165) is 18.3 Å². The number of hydrogen-bond acceptors (Lipinski definition) is 7. The molecule has 0 saturated carbocycles. The van der Waals surface area contributed by atoms with E-state index in [2.05, 4.69) is 31.2 Å². The number of nitrogens with zero attached hydrogens (tertiary/aromatic N) is 2. The zero-order chi connectivity index (χ0) is 20.5. The van der Waals surface area contributed by atoms with Crippen molar-refractivity contribution < 1.29 is 13.6 Å². The number of likely N-dealkylation sites (N-methyl/N-ethyl adjacent to an activating group) is 1. The second kappa shape index (κ2) is 10.2. The third-order valence-corrected chi connectivity index (χ3v) is 3.73. The van der Waals surface area contributed by atoms with Crippen LogP contribution in [0.3, 0.4) is 0 Å². The number of nitrogens with one attached hydrogen (secondary N) is 5. The molecule has 1 amide bonds. The highest BCUT2D eigenvalue weighted by atomic mass is 35.5. The summed E-state index contributed by atoms with van der Waals surface area (Å²) in [4.78, 5) is 19.3. The number of anilines is 2. The minimum Gasteiger partial charge on any atom is -0.380 e. The van der Waals surface area contributed by atoms with E-state index in [9.17, 15) is 13.6 Å². The summed E-state index contributed by atoms with van der Waals surface area (Å²) in [5, 5.41) is 18.2. The van der Waals surface area contributed by atoms with Crippen LogP contribution in [0.5, 0.6) is 0 Å². The zero-order valence-corrected chi connectivity index (χ0v) is 15.6. The Labute approximate surface area is 164 Å². The van der Waals surface area contributed by atoms with E-state index in [4.69, 9.17) is 17.0 Å². The summed E-state index contributed by atoms with van der Waals surface area (Å²) in [5.74, 6) is -1.35. The van der Waals surface area contributed by atoms with Crippen molar-refractivity contribution in [3.05, 3.63) is 58.5 Å². The van der Waals surface area contributed by atoms with Crippen molar-refractivity contribution in [3.63, 3.8) is 0 Å². The van der Waals surface area contributed by atoms with Crippen molar-refractivity contribution in [2.45, 2.75) is 6.54 Å². The number of hydrogen-bond donors (Lipinski definition) is 5. The monoisotopic (exact) mass is 409 g/mol. The smallest absolute Gasteiger partial charge is 0.239 e. The fourth-order valence-electron chi connectivity index (χ4n) is 2.01. The van der Waals surface area contributed by atoms with Crippen molar-refractivity contribution in [1.29, 1.82) is 5.41 Å². The van der Waals surface area contributed by atoms with Crippen LogP contribution in [0, 0.1) is 17.0 Å². The largest absolute Gasteiger partial charge is 0.380 e. The van der Waals surface area contributed by atoms with Gasteiger partial charge in [0, 0.05) is 31.6 Å². The average molecular weight is 410 g/mol. The molecular formula is C17H18ClF2N7O. The Morgan fingerprint density at radius 1 is 1.32 bits per heavy atom. The van der Waals surface area contributed by atoms with Gasteiger partial charge in [-0.2, -0.15) is 4.98 Å². The molecular weight excluding hydrogens is 392 g/mol. The second-order valence-corrected chi connectivity index (χ2v) is 5.77. The molecule has 0 aliphatic heterocycles. The molecule has 0 unspecified atom stereocenters. The summed E-state index contributed by atoms with van der Waals surface area (Å²) in [6.45, 7) is -0.145. The Hall–Kier alpha value is -3.27. The van der Waals surface area contributed by atoms with Crippen molar-refractivity contribution >= 4 is 35.5 Å². The third kappa shape index (κ3) is 5.88. The molecule has 5 N–H and O–H groups in total. The SMILES string of the molecule is CNC(=O)CN/C=C(\C=N)Nc1ncc(Cl)c(NCc2c(F)cccc2F)n1. The minimum absolute atomic E-state index is 0.0258. The summed E-state index contributed by atoms with van der Waals surface area (Å²) in [5.41, 5.74) is 0.127. The topological polar surface area (TPSA) is 115 Å². The van der Waals surface area contributed by atoms with E-state index in [0.29, 0.717) is 0 Å². The van der Waals surface area contributed by atoms with Gasteiger partial charge in [0.15, 0.2) is 5.82 Å². The molecule has 2 rings (SSSR count). The van der Waals surface area contributed by atoms with Crippen LogP contribution in [0.1, 0.15) is 5.56 Å². The number of aromatic nitrogens is 2. The minimum atomic E-state index is -0.688. The van der Waals surface area contributed by atoms with Gasteiger partial charge in [-0.1, -0.05) is 17.7 Å². The molecule has 2 aromatic rings. The maximum absolute atomic E-state index is 13.7. The van der Waals surface area contributed by atoms with Crippen LogP contribution >= 0.6 is 11.6 Å². The molecule has 0 aliphatic rings. The molecule has 28 heavy (non-hydrogen) atoms. The Balaban J connectivity index is 2.08. The highest BCUT2D eigenvalue weighted by Crippen LogP contribution is 2.21. The fraction of sp³-hybridized carbons (Fsp3) is 0.176. The van der Waals surface area contributed by atoms with Gasteiger partial charge in [-0.3, -0.25) is 4.79 Å². The first-order valence-corrected chi connectivity index (χ1v) is 8.43. The van der Waals surface area contributed by atoms with Gasteiger partial charge in [0.2, 0.25) is 11.9 Å². The maximum Gasteiger partial charge on any atom is 0.239 e. The summed E-state index contributed by atoms with van der Waals surface area (Å²) < 4.78 is 27.5. The van der Waals surface area contributed by atoms with Gasteiger partial charge < -0.3 is 26.7 Å². The van der Waals surface area contributed by atoms with Crippen LogP contribution < -0.4 is 21.3 Å². The average Bonchev–Trinajstić information content (AvgIpc) is 2.68. The van der Waals surface area contributed by atoms with E-state index in [1.54, 1.807) is 0 Å². The Morgan fingerprint density at radius 3 is 2.68 bits per heavy atom. The summed E-state index contributed by atoms with van der Waals surface area (Å²) >= 11 is 6.03. The molecule has 1 aromatic carbocycles. The van der Waals surface area contributed by atoms with E-state index >= 15 is 0 Å². The van der Waals surface area contributed by atoms with Crippen LogP contribution in [0.2, 0.25) is 5.02 Å². The predicted octanol–water partition coefficient (Wildman–Crippen LogP) is 2.26. The second-order valence-electron chi connectivity index (χ2n) is 5.37. The summed E-state index contributed by atoms with van der Waals surface area (Å²) in [7, 11) is 1.51. The van der Waals surface area contributed by atoms with Crippen LogP contribution in [-0.4, -0.2) is 35.7 Å². The van der Waals surface area contributed by atoms with Gasteiger partial charge in [0.25, 0.3) is 0 Å². The van der Waals surface area contributed by atoms with Crippen molar-refractivity contribution in [2.24, 2.45) is 0 Å². The van der Waals surface area contributed by atoms with Crippen molar-refractivity contribution in [3.8, 4) is 0 Å². The molecule has 0 spiro atoms. The highest BCUT2D eigenvalue weighted by molar-refractivity contribution is 6.32. The zero-order valence-electron chi connectivity index (χ0n) is 14.8. The van der Waals surface area contributed by atoms with E-state index in [1.807, 2.05) is 0 Å². The molecule has 0 fully saturated rings. The summed E-state index contributed by atoms with van der Waals surface area (Å²) in [6.07, 6.45) is 3.70. The van der Waals surface area contributed by atoms with E-state index < -0.39 is 11.6 Å². The van der Waals surface area contributed by atoms with Gasteiger partial charge in [0.1, 0.15) is 16.7 Å². The first-order valence-electron chi connectivity index (χ1n) is 8.05. The van der Waals surface area contributed by atoms with Crippen LogP contribution in [0.25, 0.3) is 0 Å². The molecule has 1 aromatic heterocycles. The molecule has 1 heterocycles. The number of allylic oxidation sites excluding steroid dienone is 1. The molecule has 11 heteroatoms. The molecule has 0 aliphatic carbocycles. The van der Waals surface area contributed by atoms with E-state index in [-0.39, 0.29) is 47.0 Å². The first kappa shape index (κ1) is 21.0. The van der Waals surface area contributed by atoms with Gasteiger partial charge in [-0.05, 0) is 12.1 Å². The van der Waals surface area contributed by atoms with Gasteiger partial charge >= 0.3 is 0 Å². The lowest BCUT2D eigenvalue weighted by Gasteiger charge is -2.11. The van der Waals surface area contributed by atoms with E-state index in [1.165, 1.54) is 25.5 Å². The first-order chi connectivity index (χ1) is 13.4. The molecule has 0 radical (unpaired) electrons. The number of rotatable bonds is 9. The van der Waals surface area contributed by atoms with Gasteiger partial charge in [-0.25, -0.2) is 13.8 Å². The third-order valence-electron chi connectivity index (χ3n) is 3.45. The lowest BCUT2D eigenvalue weighted by molar-refractivity contribution is -0.119. The predicted molar refractivity (Wildman–Crippen MR) is 103 cm³/mol. The van der Waals surface area contributed by atoms with Crippen molar-refractivity contribution in [2.75, 3.05) is 24.2 Å².